The van der Waals surface area contributed by atoms with Gasteiger partial charge in [-0.25, -0.2) is 9.59 Å². The van der Waals surface area contributed by atoms with Crippen molar-refractivity contribution in [3.63, 3.8) is 0 Å². The third-order valence-corrected chi connectivity index (χ3v) is 3.60. The van der Waals surface area contributed by atoms with Gasteiger partial charge in [-0.2, -0.15) is 0 Å². The number of aromatic carboxylic acids is 1. The highest BCUT2D eigenvalue weighted by atomic mass is 16.6. The van der Waals surface area contributed by atoms with Crippen LogP contribution in [0.15, 0.2) is 18.2 Å². The highest BCUT2D eigenvalue weighted by molar-refractivity contribution is 5.90. The largest absolute Gasteiger partial charge is 0.488 e. The molecule has 1 aromatic rings. The number of rotatable bonds is 3. The number of nitrogens with zero attached hydrogens (tertiary/aromatic N) is 1. The first kappa shape index (κ1) is 17.1. The summed E-state index contributed by atoms with van der Waals surface area (Å²) in [5, 5.41) is 9.15. The van der Waals surface area contributed by atoms with Crippen molar-refractivity contribution >= 4 is 12.1 Å². The number of amides is 1. The minimum atomic E-state index is -0.977. The fourth-order valence-corrected chi connectivity index (χ4v) is 2.47. The first-order chi connectivity index (χ1) is 10.7. The number of carbonyl (C=O) groups excluding carboxylic acids is 1. The molecule has 1 heterocycles. The molecule has 0 aromatic heterocycles. The lowest BCUT2D eigenvalue weighted by atomic mass is 10.1. The zero-order valence-corrected chi connectivity index (χ0v) is 14.0. The van der Waals surface area contributed by atoms with Gasteiger partial charge in [-0.1, -0.05) is 6.07 Å². The molecule has 1 aliphatic rings. The molecule has 126 valence electrons. The van der Waals surface area contributed by atoms with E-state index in [0.29, 0.717) is 30.8 Å². The van der Waals surface area contributed by atoms with Crippen molar-refractivity contribution in [3.05, 3.63) is 29.3 Å². The SMILES string of the molecule is Cc1c(OC2CCN(C(=O)OC(C)(C)C)C2)cccc1C(=O)O. The molecule has 1 unspecified atom stereocenters. The standard InChI is InChI=1S/C17H23NO5/c1-11-13(15(19)20)6-5-7-14(11)22-12-8-9-18(10-12)16(21)23-17(2,3)4/h5-7,12H,8-10H2,1-4H3,(H,19,20). The quantitative estimate of drug-likeness (QED) is 0.926. The Morgan fingerprint density at radius 1 is 1.30 bits per heavy atom. The van der Waals surface area contributed by atoms with Crippen molar-refractivity contribution in [2.45, 2.75) is 45.8 Å². The van der Waals surface area contributed by atoms with E-state index >= 15 is 0 Å². The smallest absolute Gasteiger partial charge is 0.410 e. The van der Waals surface area contributed by atoms with Crippen LogP contribution in [0, 0.1) is 6.92 Å². The Morgan fingerprint density at radius 2 is 2.00 bits per heavy atom. The van der Waals surface area contributed by atoms with Crippen LogP contribution in [-0.4, -0.2) is 46.9 Å². The van der Waals surface area contributed by atoms with E-state index in [1.165, 1.54) is 0 Å². The highest BCUT2D eigenvalue weighted by Crippen LogP contribution is 2.25. The highest BCUT2D eigenvalue weighted by Gasteiger charge is 2.31. The van der Waals surface area contributed by atoms with Crippen LogP contribution in [0.1, 0.15) is 43.1 Å². The lowest BCUT2D eigenvalue weighted by Gasteiger charge is -2.24. The number of carbonyl (C=O) groups is 2. The zero-order valence-electron chi connectivity index (χ0n) is 14.0. The summed E-state index contributed by atoms with van der Waals surface area (Å²) in [4.78, 5) is 24.8. The molecule has 0 saturated carbocycles. The number of hydrogen-bond acceptors (Lipinski definition) is 4. The number of ether oxygens (including phenoxy) is 2. The molecule has 0 spiro atoms. The van der Waals surface area contributed by atoms with E-state index in [-0.39, 0.29) is 17.8 Å². The van der Waals surface area contributed by atoms with Gasteiger partial charge in [0.2, 0.25) is 0 Å². The van der Waals surface area contributed by atoms with Crippen molar-refractivity contribution < 1.29 is 24.2 Å². The van der Waals surface area contributed by atoms with Gasteiger partial charge in [-0.05, 0) is 39.8 Å². The molecule has 1 aliphatic heterocycles. The molecule has 6 nitrogen and oxygen atoms in total. The Labute approximate surface area is 136 Å². The molecule has 0 bridgehead atoms. The van der Waals surface area contributed by atoms with Gasteiger partial charge in [0, 0.05) is 18.5 Å². The average molecular weight is 321 g/mol. The summed E-state index contributed by atoms with van der Waals surface area (Å²) in [6.07, 6.45) is 0.181. The molecule has 0 aliphatic carbocycles. The molecule has 6 heteroatoms. The Kier molecular flexibility index (Phi) is 4.82. The molecule has 1 atom stereocenters. The van der Waals surface area contributed by atoms with Crippen LogP contribution in [0.3, 0.4) is 0 Å². The summed E-state index contributed by atoms with van der Waals surface area (Å²) in [5.74, 6) is -0.435. The van der Waals surface area contributed by atoms with Crippen molar-refractivity contribution in [3.8, 4) is 5.75 Å². The van der Waals surface area contributed by atoms with Crippen molar-refractivity contribution in [1.29, 1.82) is 0 Å². The Bertz CT molecular complexity index is 605. The summed E-state index contributed by atoms with van der Waals surface area (Å²) < 4.78 is 11.2. The van der Waals surface area contributed by atoms with Crippen LogP contribution >= 0.6 is 0 Å². The van der Waals surface area contributed by atoms with Gasteiger partial charge < -0.3 is 19.5 Å². The summed E-state index contributed by atoms with van der Waals surface area (Å²) >= 11 is 0. The molecule has 1 N–H and O–H groups in total. The number of carboxylic acids is 1. The summed E-state index contributed by atoms with van der Waals surface area (Å²) in [6.45, 7) is 8.21. The number of likely N-dealkylation sites (tertiary alicyclic amines) is 1. The van der Waals surface area contributed by atoms with Crippen molar-refractivity contribution in [1.82, 2.24) is 4.90 Å². The fraction of sp³-hybridized carbons (Fsp3) is 0.529. The van der Waals surface area contributed by atoms with E-state index in [4.69, 9.17) is 14.6 Å². The number of carboxylic acid groups (broad SMARTS) is 1. The third-order valence-electron chi connectivity index (χ3n) is 3.60. The lowest BCUT2D eigenvalue weighted by Crippen LogP contribution is -2.36. The first-order valence-electron chi connectivity index (χ1n) is 7.65. The van der Waals surface area contributed by atoms with Crippen LogP contribution < -0.4 is 4.74 Å². The fourth-order valence-electron chi connectivity index (χ4n) is 2.47. The van der Waals surface area contributed by atoms with Gasteiger partial charge >= 0.3 is 12.1 Å². The summed E-state index contributed by atoms with van der Waals surface area (Å²) in [5.41, 5.74) is 0.294. The topological polar surface area (TPSA) is 76.1 Å². The van der Waals surface area contributed by atoms with E-state index in [1.807, 2.05) is 20.8 Å². The number of benzene rings is 1. The second-order valence-corrected chi connectivity index (χ2v) is 6.69. The van der Waals surface area contributed by atoms with Crippen LogP contribution in [0.25, 0.3) is 0 Å². The molecule has 1 amide bonds. The summed E-state index contributed by atoms with van der Waals surface area (Å²) in [7, 11) is 0. The van der Waals surface area contributed by atoms with Gasteiger partial charge in [0.15, 0.2) is 0 Å². The van der Waals surface area contributed by atoms with Crippen LogP contribution in [-0.2, 0) is 4.74 Å². The van der Waals surface area contributed by atoms with Gasteiger partial charge in [0.25, 0.3) is 0 Å². The Balaban J connectivity index is 2.00. The monoisotopic (exact) mass is 321 g/mol. The molecule has 1 fully saturated rings. The lowest BCUT2D eigenvalue weighted by molar-refractivity contribution is 0.0275. The van der Waals surface area contributed by atoms with E-state index in [2.05, 4.69) is 0 Å². The molecule has 23 heavy (non-hydrogen) atoms. The van der Waals surface area contributed by atoms with Crippen LogP contribution in [0.4, 0.5) is 4.79 Å². The molecule has 2 rings (SSSR count). The predicted octanol–water partition coefficient (Wildman–Crippen LogP) is 3.08. The van der Waals surface area contributed by atoms with E-state index in [1.54, 1.807) is 30.0 Å². The maximum atomic E-state index is 12.0. The van der Waals surface area contributed by atoms with Crippen molar-refractivity contribution in [2.75, 3.05) is 13.1 Å². The average Bonchev–Trinajstić information content (AvgIpc) is 2.87. The van der Waals surface area contributed by atoms with Gasteiger partial charge in [-0.15, -0.1) is 0 Å². The summed E-state index contributed by atoms with van der Waals surface area (Å²) in [6, 6.07) is 4.95. The minimum Gasteiger partial charge on any atom is -0.488 e. The molecule has 1 saturated heterocycles. The molecule has 1 aromatic carbocycles. The van der Waals surface area contributed by atoms with Crippen LogP contribution in [0.2, 0.25) is 0 Å². The minimum absolute atomic E-state index is 0.162. The van der Waals surface area contributed by atoms with Crippen LogP contribution in [0.5, 0.6) is 5.75 Å². The first-order valence-corrected chi connectivity index (χ1v) is 7.65. The zero-order chi connectivity index (χ0) is 17.2. The maximum Gasteiger partial charge on any atom is 0.410 e. The Hall–Kier alpha value is -2.24. The van der Waals surface area contributed by atoms with Crippen molar-refractivity contribution in [2.24, 2.45) is 0 Å². The molecular formula is C17H23NO5. The normalized spacial score (nSPS) is 17.9. The Morgan fingerprint density at radius 3 is 2.61 bits per heavy atom. The molecular weight excluding hydrogens is 298 g/mol. The third kappa shape index (κ3) is 4.37. The predicted molar refractivity (Wildman–Crippen MR) is 85.0 cm³/mol. The van der Waals surface area contributed by atoms with E-state index in [9.17, 15) is 9.59 Å². The van der Waals surface area contributed by atoms with Gasteiger partial charge in [-0.3, -0.25) is 0 Å². The second-order valence-electron chi connectivity index (χ2n) is 6.69. The number of hydrogen-bond donors (Lipinski definition) is 1. The van der Waals surface area contributed by atoms with Gasteiger partial charge in [0.05, 0.1) is 12.1 Å². The van der Waals surface area contributed by atoms with E-state index in [0.717, 1.165) is 0 Å². The maximum absolute atomic E-state index is 12.0. The second kappa shape index (κ2) is 6.48. The van der Waals surface area contributed by atoms with E-state index < -0.39 is 11.6 Å². The van der Waals surface area contributed by atoms with Gasteiger partial charge in [0.1, 0.15) is 17.5 Å². The molecule has 0 radical (unpaired) electrons.